The summed E-state index contributed by atoms with van der Waals surface area (Å²) in [7, 11) is 0. The average Bonchev–Trinajstić information content (AvgIpc) is 3.46. The zero-order valence-electron chi connectivity index (χ0n) is 17.6. The lowest BCUT2D eigenvalue weighted by atomic mass is 10.1. The third kappa shape index (κ3) is 3.95. The molecule has 0 N–H and O–H groups in total. The summed E-state index contributed by atoms with van der Waals surface area (Å²) in [6.45, 7) is 8.81. The Balaban J connectivity index is 1.35. The largest absolute Gasteiger partial charge is 0.493 e. The van der Waals surface area contributed by atoms with E-state index in [1.165, 1.54) is 5.57 Å². The van der Waals surface area contributed by atoms with Crippen LogP contribution >= 0.6 is 11.6 Å². The number of hydrogen-bond donors (Lipinski definition) is 0. The minimum Gasteiger partial charge on any atom is -0.493 e. The fourth-order valence-electron chi connectivity index (χ4n) is 4.06. The van der Waals surface area contributed by atoms with Crippen molar-refractivity contribution in [2.45, 2.75) is 33.1 Å². The molecule has 5 rings (SSSR count). The minimum atomic E-state index is 0.354. The molecule has 3 heterocycles. The number of imidazole rings is 1. The highest BCUT2D eigenvalue weighted by Crippen LogP contribution is 2.31. The van der Waals surface area contributed by atoms with Crippen LogP contribution in [-0.4, -0.2) is 26.1 Å². The van der Waals surface area contributed by atoms with Gasteiger partial charge < -0.3 is 13.7 Å². The van der Waals surface area contributed by atoms with E-state index >= 15 is 0 Å². The second-order valence-corrected chi connectivity index (χ2v) is 8.70. The van der Waals surface area contributed by atoms with Gasteiger partial charge in [0.15, 0.2) is 5.65 Å². The SMILES string of the molecule is C=C1CCC(COc2ccc(-c3noc(-c4cn5cc(C)cc(Cl)c5n4)n3)cc2C)C1. The summed E-state index contributed by atoms with van der Waals surface area (Å²) in [5, 5.41) is 4.72. The van der Waals surface area contributed by atoms with Crippen LogP contribution in [0.4, 0.5) is 0 Å². The molecule has 1 saturated carbocycles. The quantitative estimate of drug-likeness (QED) is 0.357. The Hall–Kier alpha value is -3.12. The van der Waals surface area contributed by atoms with Crippen molar-refractivity contribution >= 4 is 17.2 Å². The van der Waals surface area contributed by atoms with Gasteiger partial charge in [-0.3, -0.25) is 0 Å². The molecule has 0 aliphatic heterocycles. The van der Waals surface area contributed by atoms with Crippen molar-refractivity contribution in [3.63, 3.8) is 0 Å². The Morgan fingerprint density at radius 3 is 2.87 bits per heavy atom. The van der Waals surface area contributed by atoms with Crippen LogP contribution in [0.1, 0.15) is 30.4 Å². The van der Waals surface area contributed by atoms with Crippen molar-refractivity contribution in [1.82, 2.24) is 19.5 Å². The molecule has 1 aliphatic carbocycles. The van der Waals surface area contributed by atoms with E-state index in [0.717, 1.165) is 48.3 Å². The van der Waals surface area contributed by atoms with Crippen LogP contribution in [0, 0.1) is 19.8 Å². The van der Waals surface area contributed by atoms with Crippen molar-refractivity contribution in [1.29, 1.82) is 0 Å². The fourth-order valence-corrected chi connectivity index (χ4v) is 4.37. The van der Waals surface area contributed by atoms with E-state index < -0.39 is 0 Å². The van der Waals surface area contributed by atoms with Gasteiger partial charge in [0.25, 0.3) is 5.89 Å². The number of allylic oxidation sites excluding steroid dienone is 1. The molecule has 0 radical (unpaired) electrons. The van der Waals surface area contributed by atoms with Gasteiger partial charge in [0.2, 0.25) is 5.82 Å². The molecule has 158 valence electrons. The van der Waals surface area contributed by atoms with E-state index in [0.29, 0.717) is 34.0 Å². The van der Waals surface area contributed by atoms with Gasteiger partial charge in [0, 0.05) is 18.0 Å². The smallest absolute Gasteiger partial charge is 0.278 e. The first-order valence-electron chi connectivity index (χ1n) is 10.4. The first kappa shape index (κ1) is 19.8. The molecule has 31 heavy (non-hydrogen) atoms. The molecule has 1 aromatic carbocycles. The molecule has 0 amide bonds. The Morgan fingerprint density at radius 2 is 2.10 bits per heavy atom. The van der Waals surface area contributed by atoms with Gasteiger partial charge in [-0.2, -0.15) is 4.98 Å². The van der Waals surface area contributed by atoms with Gasteiger partial charge in [0.1, 0.15) is 11.4 Å². The number of fused-ring (bicyclic) bond motifs is 1. The molecule has 0 bridgehead atoms. The average molecular weight is 435 g/mol. The van der Waals surface area contributed by atoms with Crippen molar-refractivity contribution in [2.24, 2.45) is 5.92 Å². The Kier molecular flexibility index (Phi) is 5.02. The Morgan fingerprint density at radius 1 is 1.23 bits per heavy atom. The monoisotopic (exact) mass is 434 g/mol. The molecule has 0 saturated heterocycles. The Bertz CT molecular complexity index is 1290. The van der Waals surface area contributed by atoms with Crippen molar-refractivity contribution in [3.05, 3.63) is 65.0 Å². The highest BCUT2D eigenvalue weighted by molar-refractivity contribution is 6.33. The number of aryl methyl sites for hydroxylation is 2. The molecular formula is C24H23ClN4O2. The second kappa shape index (κ2) is 7.85. The van der Waals surface area contributed by atoms with Crippen molar-refractivity contribution in [2.75, 3.05) is 6.61 Å². The summed E-state index contributed by atoms with van der Waals surface area (Å²) >= 11 is 6.30. The molecule has 1 atom stereocenters. The number of nitrogens with zero attached hydrogens (tertiary/aromatic N) is 4. The number of rotatable bonds is 5. The molecule has 1 aliphatic rings. The van der Waals surface area contributed by atoms with Crippen LogP contribution < -0.4 is 4.74 Å². The maximum Gasteiger partial charge on any atom is 0.278 e. The molecule has 1 fully saturated rings. The predicted octanol–water partition coefficient (Wildman–Crippen LogP) is 6.06. The number of ether oxygens (including phenoxy) is 1. The van der Waals surface area contributed by atoms with Gasteiger partial charge >= 0.3 is 0 Å². The number of benzene rings is 1. The number of hydrogen-bond acceptors (Lipinski definition) is 5. The third-order valence-electron chi connectivity index (χ3n) is 5.68. The van der Waals surface area contributed by atoms with Crippen LogP contribution in [-0.2, 0) is 0 Å². The number of aromatic nitrogens is 4. The summed E-state index contributed by atoms with van der Waals surface area (Å²) in [6.07, 6.45) is 7.14. The zero-order chi connectivity index (χ0) is 21.5. The van der Waals surface area contributed by atoms with Crippen LogP contribution in [0.3, 0.4) is 0 Å². The second-order valence-electron chi connectivity index (χ2n) is 8.30. The molecular weight excluding hydrogens is 412 g/mol. The van der Waals surface area contributed by atoms with Gasteiger partial charge in [-0.15, -0.1) is 0 Å². The van der Waals surface area contributed by atoms with Gasteiger partial charge in [-0.25, -0.2) is 4.98 Å². The predicted molar refractivity (Wildman–Crippen MR) is 120 cm³/mol. The van der Waals surface area contributed by atoms with Gasteiger partial charge in [0.05, 0.1) is 11.6 Å². The third-order valence-corrected chi connectivity index (χ3v) is 5.96. The molecule has 4 aromatic rings. The van der Waals surface area contributed by atoms with E-state index in [-0.39, 0.29) is 0 Å². The van der Waals surface area contributed by atoms with E-state index in [1.807, 2.05) is 54.9 Å². The molecule has 0 spiro atoms. The van der Waals surface area contributed by atoms with Crippen LogP contribution in [0.2, 0.25) is 5.02 Å². The zero-order valence-corrected chi connectivity index (χ0v) is 18.3. The normalized spacial score (nSPS) is 16.4. The maximum absolute atomic E-state index is 6.30. The van der Waals surface area contributed by atoms with E-state index in [1.54, 1.807) is 0 Å². The minimum absolute atomic E-state index is 0.354. The van der Waals surface area contributed by atoms with Crippen LogP contribution in [0.15, 0.2) is 53.3 Å². The van der Waals surface area contributed by atoms with Crippen LogP contribution in [0.25, 0.3) is 28.6 Å². The number of halogens is 1. The van der Waals surface area contributed by atoms with E-state index in [9.17, 15) is 0 Å². The first-order valence-corrected chi connectivity index (χ1v) is 10.7. The number of pyridine rings is 1. The fraction of sp³-hybridized carbons (Fsp3) is 0.292. The molecule has 1 unspecified atom stereocenters. The topological polar surface area (TPSA) is 65.5 Å². The highest BCUT2D eigenvalue weighted by Gasteiger charge is 2.19. The van der Waals surface area contributed by atoms with Gasteiger partial charge in [-0.1, -0.05) is 28.9 Å². The first-order chi connectivity index (χ1) is 15.0. The van der Waals surface area contributed by atoms with Crippen molar-refractivity contribution < 1.29 is 9.26 Å². The Labute approximate surface area is 185 Å². The summed E-state index contributed by atoms with van der Waals surface area (Å²) in [4.78, 5) is 9.08. The highest BCUT2D eigenvalue weighted by atomic mass is 35.5. The molecule has 3 aromatic heterocycles. The summed E-state index contributed by atoms with van der Waals surface area (Å²) < 4.78 is 13.4. The van der Waals surface area contributed by atoms with Gasteiger partial charge in [-0.05, 0) is 74.4 Å². The van der Waals surface area contributed by atoms with E-state index in [2.05, 4.69) is 21.7 Å². The van der Waals surface area contributed by atoms with E-state index in [4.69, 9.17) is 20.9 Å². The van der Waals surface area contributed by atoms with Crippen molar-refractivity contribution in [3.8, 4) is 28.7 Å². The summed E-state index contributed by atoms with van der Waals surface area (Å²) in [5.74, 6) is 2.31. The molecule has 6 nitrogen and oxygen atoms in total. The standard InChI is InChI=1S/C24H23ClN4O2/c1-14-4-5-17(8-14)13-30-21-7-6-18(10-16(21)3)22-27-24(31-28-22)20-12-29-11-15(2)9-19(25)23(29)26-20/h6-7,9-12,17H,1,4-5,8,13H2,2-3H3. The molecule has 7 heteroatoms. The lowest BCUT2D eigenvalue weighted by molar-refractivity contribution is 0.252. The maximum atomic E-state index is 6.30. The summed E-state index contributed by atoms with van der Waals surface area (Å²) in [6, 6.07) is 7.82. The lowest BCUT2D eigenvalue weighted by Crippen LogP contribution is -2.08. The summed E-state index contributed by atoms with van der Waals surface area (Å²) in [5.41, 5.74) is 5.52. The lowest BCUT2D eigenvalue weighted by Gasteiger charge is -2.13. The van der Waals surface area contributed by atoms with Crippen LogP contribution in [0.5, 0.6) is 5.75 Å².